The third-order valence-corrected chi connectivity index (χ3v) is 3.52. The SMILES string of the molecule is Cc1ccc2nc(CN3CCOC(CN)C3)cn2c1.Cl.Cl. The highest BCUT2D eigenvalue weighted by atomic mass is 35.5. The zero-order chi connectivity index (χ0) is 13.2. The van der Waals surface area contributed by atoms with Crippen molar-refractivity contribution in [2.75, 3.05) is 26.2 Å². The van der Waals surface area contributed by atoms with E-state index in [0.717, 1.165) is 37.6 Å². The van der Waals surface area contributed by atoms with E-state index >= 15 is 0 Å². The van der Waals surface area contributed by atoms with E-state index in [2.05, 4.69) is 45.7 Å². The van der Waals surface area contributed by atoms with Gasteiger partial charge in [-0.3, -0.25) is 4.90 Å². The van der Waals surface area contributed by atoms with E-state index in [9.17, 15) is 0 Å². The van der Waals surface area contributed by atoms with Gasteiger partial charge in [0.25, 0.3) is 0 Å². The lowest BCUT2D eigenvalue weighted by molar-refractivity contribution is -0.0263. The van der Waals surface area contributed by atoms with Crippen molar-refractivity contribution in [3.8, 4) is 0 Å². The van der Waals surface area contributed by atoms with Crippen molar-refractivity contribution in [3.63, 3.8) is 0 Å². The van der Waals surface area contributed by atoms with Gasteiger partial charge in [-0.1, -0.05) is 6.07 Å². The Morgan fingerprint density at radius 3 is 2.90 bits per heavy atom. The maximum Gasteiger partial charge on any atom is 0.137 e. The van der Waals surface area contributed by atoms with Crippen LogP contribution in [0.25, 0.3) is 5.65 Å². The molecule has 5 nitrogen and oxygen atoms in total. The highest BCUT2D eigenvalue weighted by Crippen LogP contribution is 2.12. The molecule has 0 amide bonds. The summed E-state index contributed by atoms with van der Waals surface area (Å²) in [7, 11) is 0. The van der Waals surface area contributed by atoms with Crippen LogP contribution in [-0.4, -0.2) is 46.6 Å². The van der Waals surface area contributed by atoms with E-state index in [-0.39, 0.29) is 30.9 Å². The number of hydrogen-bond donors (Lipinski definition) is 1. The molecule has 0 aromatic carbocycles. The molecule has 2 aromatic heterocycles. The number of aryl methyl sites for hydroxylation is 1. The van der Waals surface area contributed by atoms with Crippen molar-refractivity contribution in [2.24, 2.45) is 5.73 Å². The second kappa shape index (κ2) is 7.96. The molecule has 1 aliphatic heterocycles. The summed E-state index contributed by atoms with van der Waals surface area (Å²) in [5, 5.41) is 0. The van der Waals surface area contributed by atoms with Gasteiger partial charge < -0.3 is 14.9 Å². The minimum atomic E-state index is 0. The lowest BCUT2D eigenvalue weighted by Gasteiger charge is -2.31. The monoisotopic (exact) mass is 332 g/mol. The number of nitrogens with two attached hydrogens (primary N) is 1. The molecule has 1 saturated heterocycles. The van der Waals surface area contributed by atoms with Crippen LogP contribution in [0, 0.1) is 6.92 Å². The summed E-state index contributed by atoms with van der Waals surface area (Å²) >= 11 is 0. The Hall–Kier alpha value is -0.850. The molecule has 3 rings (SSSR count). The van der Waals surface area contributed by atoms with E-state index in [1.807, 2.05) is 0 Å². The fraction of sp³-hybridized carbons (Fsp3) is 0.500. The summed E-state index contributed by atoms with van der Waals surface area (Å²) in [6.07, 6.45) is 4.37. The molecule has 118 valence electrons. The van der Waals surface area contributed by atoms with Gasteiger partial charge in [-0.2, -0.15) is 0 Å². The minimum Gasteiger partial charge on any atom is -0.374 e. The molecule has 3 heterocycles. The zero-order valence-corrected chi connectivity index (χ0v) is 13.7. The molecule has 0 radical (unpaired) electrons. The lowest BCUT2D eigenvalue weighted by Crippen LogP contribution is -2.45. The Bertz CT molecular complexity index is 575. The van der Waals surface area contributed by atoms with E-state index < -0.39 is 0 Å². The average Bonchev–Trinajstić information content (AvgIpc) is 2.80. The van der Waals surface area contributed by atoms with E-state index in [1.165, 1.54) is 5.56 Å². The average molecular weight is 333 g/mol. The highest BCUT2D eigenvalue weighted by Gasteiger charge is 2.19. The Morgan fingerprint density at radius 2 is 2.14 bits per heavy atom. The largest absolute Gasteiger partial charge is 0.374 e. The fourth-order valence-electron chi connectivity index (χ4n) is 2.53. The maximum atomic E-state index is 5.67. The molecule has 7 heteroatoms. The van der Waals surface area contributed by atoms with Crippen LogP contribution >= 0.6 is 24.8 Å². The van der Waals surface area contributed by atoms with E-state index in [4.69, 9.17) is 10.5 Å². The number of fused-ring (bicyclic) bond motifs is 1. The van der Waals surface area contributed by atoms with Gasteiger partial charge in [0.05, 0.1) is 18.4 Å². The summed E-state index contributed by atoms with van der Waals surface area (Å²) < 4.78 is 7.67. The fourth-order valence-corrected chi connectivity index (χ4v) is 2.53. The van der Waals surface area contributed by atoms with E-state index in [0.29, 0.717) is 6.54 Å². The van der Waals surface area contributed by atoms with Gasteiger partial charge in [0.2, 0.25) is 0 Å². The molecular formula is C14H22Cl2N4O. The molecule has 1 fully saturated rings. The first-order chi connectivity index (χ1) is 9.24. The normalized spacial score (nSPS) is 19.0. The molecule has 1 aliphatic rings. The third kappa shape index (κ3) is 4.31. The second-order valence-corrected chi connectivity index (χ2v) is 5.17. The van der Waals surface area contributed by atoms with Crippen molar-refractivity contribution in [2.45, 2.75) is 19.6 Å². The first-order valence-corrected chi connectivity index (χ1v) is 6.73. The molecule has 1 unspecified atom stereocenters. The quantitative estimate of drug-likeness (QED) is 0.928. The molecule has 2 N–H and O–H groups in total. The summed E-state index contributed by atoms with van der Waals surface area (Å²) in [6, 6.07) is 4.14. The zero-order valence-electron chi connectivity index (χ0n) is 12.1. The first kappa shape index (κ1) is 18.2. The molecule has 0 aliphatic carbocycles. The Balaban J connectivity index is 0.00000110. The van der Waals surface area contributed by atoms with E-state index in [1.54, 1.807) is 0 Å². The Labute approximate surface area is 137 Å². The number of aromatic nitrogens is 2. The second-order valence-electron chi connectivity index (χ2n) is 5.17. The predicted octanol–water partition coefficient (Wildman–Crippen LogP) is 1.65. The summed E-state index contributed by atoms with van der Waals surface area (Å²) in [5.74, 6) is 0. The molecule has 2 aromatic rings. The smallest absolute Gasteiger partial charge is 0.137 e. The van der Waals surface area contributed by atoms with Crippen LogP contribution in [-0.2, 0) is 11.3 Å². The van der Waals surface area contributed by atoms with Crippen molar-refractivity contribution < 1.29 is 4.74 Å². The van der Waals surface area contributed by atoms with Crippen molar-refractivity contribution in [1.82, 2.24) is 14.3 Å². The van der Waals surface area contributed by atoms with Crippen LogP contribution in [0.2, 0.25) is 0 Å². The molecule has 0 spiro atoms. The Morgan fingerprint density at radius 1 is 1.33 bits per heavy atom. The lowest BCUT2D eigenvalue weighted by atomic mass is 10.2. The van der Waals surface area contributed by atoms with Crippen molar-refractivity contribution in [1.29, 1.82) is 0 Å². The van der Waals surface area contributed by atoms with Gasteiger partial charge in [-0.15, -0.1) is 24.8 Å². The van der Waals surface area contributed by atoms with Gasteiger partial charge in [0.1, 0.15) is 5.65 Å². The number of nitrogens with zero attached hydrogens (tertiary/aromatic N) is 3. The van der Waals surface area contributed by atoms with Crippen LogP contribution in [0.15, 0.2) is 24.5 Å². The van der Waals surface area contributed by atoms with Gasteiger partial charge in [0, 0.05) is 38.6 Å². The maximum absolute atomic E-state index is 5.67. The number of imidazole rings is 1. The van der Waals surface area contributed by atoms with Crippen LogP contribution in [0.3, 0.4) is 0 Å². The number of pyridine rings is 1. The topological polar surface area (TPSA) is 55.8 Å². The van der Waals surface area contributed by atoms with Gasteiger partial charge >= 0.3 is 0 Å². The van der Waals surface area contributed by atoms with Crippen LogP contribution in [0.1, 0.15) is 11.3 Å². The molecule has 0 saturated carbocycles. The van der Waals surface area contributed by atoms with Crippen LogP contribution in [0.5, 0.6) is 0 Å². The van der Waals surface area contributed by atoms with Gasteiger partial charge in [0.15, 0.2) is 0 Å². The summed E-state index contributed by atoms with van der Waals surface area (Å²) in [5.41, 5.74) is 9.01. The number of rotatable bonds is 3. The van der Waals surface area contributed by atoms with Crippen LogP contribution < -0.4 is 5.73 Å². The first-order valence-electron chi connectivity index (χ1n) is 6.73. The molecular weight excluding hydrogens is 311 g/mol. The number of halogens is 2. The van der Waals surface area contributed by atoms with Gasteiger partial charge in [-0.25, -0.2) is 4.98 Å². The third-order valence-electron chi connectivity index (χ3n) is 3.52. The van der Waals surface area contributed by atoms with Gasteiger partial charge in [-0.05, 0) is 18.6 Å². The number of morpholine rings is 1. The number of hydrogen-bond acceptors (Lipinski definition) is 4. The molecule has 0 bridgehead atoms. The molecule has 21 heavy (non-hydrogen) atoms. The Kier molecular flexibility index (Phi) is 6.90. The number of ether oxygens (including phenoxy) is 1. The summed E-state index contributed by atoms with van der Waals surface area (Å²) in [6.45, 7) is 6.13. The molecule has 1 atom stereocenters. The van der Waals surface area contributed by atoms with Crippen LogP contribution in [0.4, 0.5) is 0 Å². The van der Waals surface area contributed by atoms with Crippen molar-refractivity contribution in [3.05, 3.63) is 35.8 Å². The predicted molar refractivity (Wildman–Crippen MR) is 88.5 cm³/mol. The summed E-state index contributed by atoms with van der Waals surface area (Å²) in [4.78, 5) is 7.00. The minimum absolute atomic E-state index is 0. The standard InChI is InChI=1S/C14H20N4O.2ClH/c1-11-2-3-14-16-12(9-18(14)7-11)8-17-4-5-19-13(6-15)10-17;;/h2-3,7,9,13H,4-6,8,10,15H2,1H3;2*1H. The van der Waals surface area contributed by atoms with Crippen molar-refractivity contribution >= 4 is 30.5 Å². The highest BCUT2D eigenvalue weighted by molar-refractivity contribution is 5.85.